The molecule has 0 bridgehead atoms. The third-order valence-electron chi connectivity index (χ3n) is 1.55. The molecular weight excluding hydrogens is 136 g/mol. The second kappa shape index (κ2) is 5.15. The van der Waals surface area contributed by atoms with Crippen molar-refractivity contribution >= 4 is 0 Å². The average molecular weight is 154 g/mol. The Hall–Kier alpha value is -0.550. The number of hydrogen-bond acceptors (Lipinski definition) is 2. The van der Waals surface area contributed by atoms with Gasteiger partial charge in [0.05, 0.1) is 12.1 Å². The zero-order chi connectivity index (χ0) is 8.85. The number of rotatable bonds is 4. The highest BCUT2D eigenvalue weighted by Crippen LogP contribution is 2.03. The van der Waals surface area contributed by atoms with Crippen LogP contribution in [0, 0.1) is 17.2 Å². The molecule has 2 heteroatoms. The lowest BCUT2D eigenvalue weighted by Crippen LogP contribution is -2.34. The fourth-order valence-electron chi connectivity index (χ4n) is 1.24. The summed E-state index contributed by atoms with van der Waals surface area (Å²) in [7, 11) is 0. The molecule has 0 spiro atoms. The molecule has 0 saturated carbocycles. The lowest BCUT2D eigenvalue weighted by molar-refractivity contribution is 0.429. The lowest BCUT2D eigenvalue weighted by Gasteiger charge is -2.16. The zero-order valence-corrected chi connectivity index (χ0v) is 7.89. The molecule has 0 heterocycles. The van der Waals surface area contributed by atoms with Gasteiger partial charge in [-0.05, 0) is 26.2 Å². The van der Waals surface area contributed by atoms with Gasteiger partial charge in [-0.15, -0.1) is 0 Å². The third-order valence-corrected chi connectivity index (χ3v) is 1.55. The van der Waals surface area contributed by atoms with E-state index in [1.54, 1.807) is 0 Å². The Kier molecular flexibility index (Phi) is 4.89. The molecule has 0 aromatic rings. The highest BCUT2D eigenvalue weighted by atomic mass is 14.9. The summed E-state index contributed by atoms with van der Waals surface area (Å²) < 4.78 is 0. The van der Waals surface area contributed by atoms with Crippen LogP contribution in [0.4, 0.5) is 0 Å². The van der Waals surface area contributed by atoms with Crippen LogP contribution in [-0.2, 0) is 0 Å². The van der Waals surface area contributed by atoms with Crippen LogP contribution in [0.5, 0.6) is 0 Å². The van der Waals surface area contributed by atoms with Gasteiger partial charge in [0.15, 0.2) is 0 Å². The first kappa shape index (κ1) is 10.4. The van der Waals surface area contributed by atoms with E-state index in [9.17, 15) is 0 Å². The molecule has 0 saturated heterocycles. The molecule has 0 aliphatic carbocycles. The summed E-state index contributed by atoms with van der Waals surface area (Å²) in [6.45, 7) is 8.38. The second-order valence-electron chi connectivity index (χ2n) is 3.55. The molecule has 0 amide bonds. The van der Waals surface area contributed by atoms with Crippen LogP contribution >= 0.6 is 0 Å². The molecule has 0 aliphatic heterocycles. The van der Waals surface area contributed by atoms with E-state index < -0.39 is 0 Å². The van der Waals surface area contributed by atoms with Gasteiger partial charge < -0.3 is 0 Å². The van der Waals surface area contributed by atoms with Gasteiger partial charge in [-0.3, -0.25) is 5.32 Å². The van der Waals surface area contributed by atoms with Crippen LogP contribution in [0.2, 0.25) is 0 Å². The molecular formula is C9H18N2. The summed E-state index contributed by atoms with van der Waals surface area (Å²) in [6, 6.07) is 2.58. The molecule has 0 aliphatic rings. The van der Waals surface area contributed by atoms with Crippen LogP contribution in [0.25, 0.3) is 0 Å². The number of nitrogens with zero attached hydrogens (tertiary/aromatic N) is 1. The fourth-order valence-corrected chi connectivity index (χ4v) is 1.24. The van der Waals surface area contributed by atoms with Gasteiger partial charge in [-0.2, -0.15) is 5.26 Å². The van der Waals surface area contributed by atoms with Crippen molar-refractivity contribution in [2.75, 3.05) is 0 Å². The van der Waals surface area contributed by atoms with Crippen LogP contribution in [0.3, 0.4) is 0 Å². The van der Waals surface area contributed by atoms with E-state index in [0.29, 0.717) is 12.0 Å². The molecule has 0 fully saturated rings. The van der Waals surface area contributed by atoms with Crippen molar-refractivity contribution in [3.05, 3.63) is 0 Å². The Morgan fingerprint density at radius 1 is 1.27 bits per heavy atom. The molecule has 2 atom stereocenters. The first-order valence-corrected chi connectivity index (χ1v) is 4.22. The van der Waals surface area contributed by atoms with E-state index in [1.807, 2.05) is 6.92 Å². The summed E-state index contributed by atoms with van der Waals surface area (Å²) in [5, 5.41) is 11.7. The molecule has 0 aromatic carbocycles. The predicted octanol–water partition coefficient (Wildman–Crippen LogP) is 1.92. The van der Waals surface area contributed by atoms with Crippen molar-refractivity contribution in [3.63, 3.8) is 0 Å². The van der Waals surface area contributed by atoms with Gasteiger partial charge in [-0.25, -0.2) is 0 Å². The Balaban J connectivity index is 3.53. The minimum Gasteiger partial charge on any atom is -0.300 e. The van der Waals surface area contributed by atoms with E-state index in [2.05, 4.69) is 32.2 Å². The van der Waals surface area contributed by atoms with Gasteiger partial charge in [0.1, 0.15) is 0 Å². The number of hydrogen-bond donors (Lipinski definition) is 1. The van der Waals surface area contributed by atoms with E-state index >= 15 is 0 Å². The summed E-state index contributed by atoms with van der Waals surface area (Å²) >= 11 is 0. The normalized spacial score (nSPS) is 16.0. The largest absolute Gasteiger partial charge is 0.300 e. The molecule has 2 nitrogen and oxygen atoms in total. The first-order valence-electron chi connectivity index (χ1n) is 4.22. The van der Waals surface area contributed by atoms with Gasteiger partial charge in [-0.1, -0.05) is 13.8 Å². The topological polar surface area (TPSA) is 35.8 Å². The highest BCUT2D eigenvalue weighted by molar-refractivity contribution is 4.87. The van der Waals surface area contributed by atoms with Gasteiger partial charge in [0.2, 0.25) is 0 Å². The number of nitriles is 1. The van der Waals surface area contributed by atoms with Crippen molar-refractivity contribution < 1.29 is 0 Å². The Labute approximate surface area is 69.6 Å². The molecule has 64 valence electrons. The van der Waals surface area contributed by atoms with Crippen molar-refractivity contribution in [2.24, 2.45) is 5.92 Å². The summed E-state index contributed by atoms with van der Waals surface area (Å²) in [6.07, 6.45) is 1.13. The van der Waals surface area contributed by atoms with Crippen molar-refractivity contribution in [3.8, 4) is 6.07 Å². The van der Waals surface area contributed by atoms with E-state index in [0.717, 1.165) is 6.42 Å². The summed E-state index contributed by atoms with van der Waals surface area (Å²) in [5.41, 5.74) is 0. The number of nitrogens with one attached hydrogen (secondary N) is 1. The van der Waals surface area contributed by atoms with Gasteiger partial charge in [0.25, 0.3) is 0 Å². The van der Waals surface area contributed by atoms with Crippen molar-refractivity contribution in [2.45, 2.75) is 46.2 Å². The minimum absolute atomic E-state index is 0.0243. The van der Waals surface area contributed by atoms with E-state index in [1.165, 1.54) is 0 Å². The Morgan fingerprint density at radius 2 is 1.82 bits per heavy atom. The predicted molar refractivity (Wildman–Crippen MR) is 47.1 cm³/mol. The summed E-state index contributed by atoms with van der Waals surface area (Å²) in [5.74, 6) is 0.698. The maximum Gasteiger partial charge on any atom is 0.0926 e. The standard InChI is InChI=1S/C9H18N2/c1-7(2)5-8(3)11-9(4)6-10/h7-9,11H,5H2,1-4H3. The zero-order valence-electron chi connectivity index (χ0n) is 7.89. The van der Waals surface area contributed by atoms with Crippen molar-refractivity contribution in [1.29, 1.82) is 5.26 Å². The molecule has 11 heavy (non-hydrogen) atoms. The lowest BCUT2D eigenvalue weighted by atomic mass is 10.0. The minimum atomic E-state index is -0.0243. The molecule has 0 radical (unpaired) electrons. The molecule has 1 N–H and O–H groups in total. The van der Waals surface area contributed by atoms with Gasteiger partial charge >= 0.3 is 0 Å². The fraction of sp³-hybridized carbons (Fsp3) is 0.889. The maximum absolute atomic E-state index is 8.51. The van der Waals surface area contributed by atoms with E-state index in [-0.39, 0.29) is 6.04 Å². The summed E-state index contributed by atoms with van der Waals surface area (Å²) in [4.78, 5) is 0. The Morgan fingerprint density at radius 3 is 2.18 bits per heavy atom. The monoisotopic (exact) mass is 154 g/mol. The maximum atomic E-state index is 8.51. The molecule has 2 unspecified atom stereocenters. The smallest absolute Gasteiger partial charge is 0.0926 e. The quantitative estimate of drug-likeness (QED) is 0.671. The van der Waals surface area contributed by atoms with Gasteiger partial charge in [0, 0.05) is 6.04 Å². The van der Waals surface area contributed by atoms with Crippen LogP contribution < -0.4 is 5.32 Å². The van der Waals surface area contributed by atoms with Crippen LogP contribution in [-0.4, -0.2) is 12.1 Å². The average Bonchev–Trinajstić information content (AvgIpc) is 1.85. The highest BCUT2D eigenvalue weighted by Gasteiger charge is 2.07. The SMILES string of the molecule is CC(C)CC(C)NC(C)C#N. The molecule has 0 rings (SSSR count). The van der Waals surface area contributed by atoms with Crippen LogP contribution in [0.15, 0.2) is 0 Å². The molecule has 0 aromatic heterocycles. The first-order chi connectivity index (χ1) is 5.06. The third kappa shape index (κ3) is 5.87. The Bertz CT molecular complexity index is 135. The van der Waals surface area contributed by atoms with Crippen LogP contribution in [0.1, 0.15) is 34.1 Å². The second-order valence-corrected chi connectivity index (χ2v) is 3.55. The van der Waals surface area contributed by atoms with E-state index in [4.69, 9.17) is 5.26 Å². The van der Waals surface area contributed by atoms with Crippen molar-refractivity contribution in [1.82, 2.24) is 5.32 Å².